The Balaban J connectivity index is 1.74. The molecule has 31 heavy (non-hydrogen) atoms. The summed E-state index contributed by atoms with van der Waals surface area (Å²) in [6, 6.07) is 22.7. The Hall–Kier alpha value is -2.90. The van der Waals surface area contributed by atoms with E-state index in [0.29, 0.717) is 12.8 Å². The number of halogens is 4. The van der Waals surface area contributed by atoms with Crippen molar-refractivity contribution in [2.75, 3.05) is 5.32 Å². The van der Waals surface area contributed by atoms with Crippen molar-refractivity contribution in [2.45, 2.75) is 19.0 Å². The largest absolute Gasteiger partial charge is 0.416 e. The van der Waals surface area contributed by atoms with Crippen LogP contribution in [0.3, 0.4) is 0 Å². The van der Waals surface area contributed by atoms with Gasteiger partial charge in [0, 0.05) is 18.6 Å². The summed E-state index contributed by atoms with van der Waals surface area (Å²) in [6.07, 6.45) is -3.29. The van der Waals surface area contributed by atoms with Crippen LogP contribution in [0.15, 0.2) is 84.0 Å². The van der Waals surface area contributed by atoms with Gasteiger partial charge in [-0.1, -0.05) is 72.3 Å². The second-order valence-electron chi connectivity index (χ2n) is 6.76. The fourth-order valence-corrected chi connectivity index (χ4v) is 3.20. The van der Waals surface area contributed by atoms with Crippen molar-refractivity contribution in [3.8, 4) is 0 Å². The van der Waals surface area contributed by atoms with Crippen LogP contribution in [0, 0.1) is 0 Å². The predicted molar refractivity (Wildman–Crippen MR) is 124 cm³/mol. The first-order valence-corrected chi connectivity index (χ1v) is 10.2. The third-order valence-electron chi connectivity index (χ3n) is 4.36. The molecule has 0 fully saturated rings. The number of benzene rings is 3. The Morgan fingerprint density at radius 2 is 1.42 bits per heavy atom. The van der Waals surface area contributed by atoms with Gasteiger partial charge in [-0.05, 0) is 41.5 Å². The highest BCUT2D eigenvalue weighted by molar-refractivity contribution is 7.80. The third-order valence-corrected chi connectivity index (χ3v) is 4.88. The maximum Gasteiger partial charge on any atom is 0.416 e. The highest BCUT2D eigenvalue weighted by Gasteiger charge is 2.31. The maximum atomic E-state index is 13.0. The molecule has 0 radical (unpaired) electrons. The third kappa shape index (κ3) is 7.08. The average molecular weight is 462 g/mol. The molecule has 0 atom stereocenters. The van der Waals surface area contributed by atoms with Crippen molar-refractivity contribution in [3.05, 3.63) is 101 Å². The van der Waals surface area contributed by atoms with E-state index < -0.39 is 11.7 Å². The summed E-state index contributed by atoms with van der Waals surface area (Å²) in [5.74, 6) is 0. The van der Waals surface area contributed by atoms with Crippen LogP contribution in [-0.4, -0.2) is 10.8 Å². The van der Waals surface area contributed by atoms with Gasteiger partial charge in [-0.2, -0.15) is 18.3 Å². The molecule has 8 heteroatoms. The molecule has 0 saturated heterocycles. The van der Waals surface area contributed by atoms with Gasteiger partial charge in [-0.15, -0.1) is 0 Å². The fraction of sp³-hybridized carbons (Fsp3) is 0.130. The number of nitrogens with one attached hydrogen (secondary N) is 2. The minimum atomic E-state index is -4.48. The van der Waals surface area contributed by atoms with Gasteiger partial charge in [0.2, 0.25) is 0 Å². The van der Waals surface area contributed by atoms with Crippen LogP contribution < -0.4 is 10.7 Å². The van der Waals surface area contributed by atoms with Crippen LogP contribution in [0.5, 0.6) is 0 Å². The molecule has 0 spiro atoms. The molecule has 0 aromatic heterocycles. The molecular weight excluding hydrogens is 443 g/mol. The van der Waals surface area contributed by atoms with Gasteiger partial charge in [-0.25, -0.2) is 0 Å². The minimum absolute atomic E-state index is 0.0415. The molecule has 3 rings (SSSR count). The summed E-state index contributed by atoms with van der Waals surface area (Å²) in [5.41, 5.74) is 4.94. The first-order chi connectivity index (χ1) is 14.8. The molecule has 2 N–H and O–H groups in total. The van der Waals surface area contributed by atoms with Crippen molar-refractivity contribution >= 4 is 40.3 Å². The Labute approximate surface area is 188 Å². The van der Waals surface area contributed by atoms with Crippen LogP contribution >= 0.6 is 23.8 Å². The van der Waals surface area contributed by atoms with Crippen molar-refractivity contribution in [2.24, 2.45) is 5.10 Å². The lowest BCUT2D eigenvalue weighted by Gasteiger charge is -2.13. The summed E-state index contributed by atoms with van der Waals surface area (Å²) in [7, 11) is 0. The minimum Gasteiger partial charge on any atom is -0.330 e. The van der Waals surface area contributed by atoms with Crippen LogP contribution in [0.1, 0.15) is 16.7 Å². The van der Waals surface area contributed by atoms with E-state index in [9.17, 15) is 13.2 Å². The lowest BCUT2D eigenvalue weighted by Crippen LogP contribution is -2.26. The topological polar surface area (TPSA) is 36.4 Å². The summed E-state index contributed by atoms with van der Waals surface area (Å²) in [5, 5.41) is 7.26. The Morgan fingerprint density at radius 3 is 1.94 bits per heavy atom. The number of hydrogen-bond donors (Lipinski definition) is 2. The van der Waals surface area contributed by atoms with Gasteiger partial charge < -0.3 is 5.32 Å². The monoisotopic (exact) mass is 461 g/mol. The highest BCUT2D eigenvalue weighted by atomic mass is 35.5. The maximum absolute atomic E-state index is 13.0. The quantitative estimate of drug-likeness (QED) is 0.250. The number of hydrogen-bond acceptors (Lipinski definition) is 2. The van der Waals surface area contributed by atoms with E-state index in [1.807, 2.05) is 60.7 Å². The zero-order valence-electron chi connectivity index (χ0n) is 16.3. The molecular formula is C23H19ClF3N3S. The number of hydrazone groups is 1. The Morgan fingerprint density at radius 1 is 0.871 bits per heavy atom. The molecule has 0 aliphatic carbocycles. The second kappa shape index (κ2) is 10.4. The molecule has 0 heterocycles. The fourth-order valence-electron chi connectivity index (χ4n) is 2.88. The van der Waals surface area contributed by atoms with Crippen LogP contribution in [0.25, 0.3) is 0 Å². The number of rotatable bonds is 6. The zero-order chi connectivity index (χ0) is 22.3. The van der Waals surface area contributed by atoms with E-state index in [0.717, 1.165) is 29.0 Å². The van der Waals surface area contributed by atoms with Crippen LogP contribution in [-0.2, 0) is 19.0 Å². The van der Waals surface area contributed by atoms with Gasteiger partial charge in [0.15, 0.2) is 5.11 Å². The molecule has 0 unspecified atom stereocenters. The molecule has 0 amide bonds. The van der Waals surface area contributed by atoms with Crippen molar-refractivity contribution in [1.82, 2.24) is 5.43 Å². The summed E-state index contributed by atoms with van der Waals surface area (Å²) < 4.78 is 38.9. The van der Waals surface area contributed by atoms with E-state index in [1.165, 1.54) is 6.07 Å². The number of anilines is 1. The standard InChI is InChI=1S/C23H19ClF3N3S/c24-20-12-11-18(23(25,26)27)15-21(20)28-22(31)30-29-19(13-16-7-3-1-4-8-16)14-17-9-5-2-6-10-17/h1-12,15H,13-14H2,(H2,28,30,31). The van der Waals surface area contributed by atoms with Crippen molar-refractivity contribution in [3.63, 3.8) is 0 Å². The van der Waals surface area contributed by atoms with E-state index in [-0.39, 0.29) is 15.8 Å². The summed E-state index contributed by atoms with van der Waals surface area (Å²) in [4.78, 5) is 0. The molecule has 3 aromatic carbocycles. The van der Waals surface area contributed by atoms with Crippen LogP contribution in [0.4, 0.5) is 18.9 Å². The predicted octanol–water partition coefficient (Wildman–Crippen LogP) is 6.49. The first-order valence-electron chi connectivity index (χ1n) is 9.38. The molecule has 0 bridgehead atoms. The van der Waals surface area contributed by atoms with Crippen LogP contribution in [0.2, 0.25) is 5.02 Å². The smallest absolute Gasteiger partial charge is 0.330 e. The zero-order valence-corrected chi connectivity index (χ0v) is 17.9. The van der Waals surface area contributed by atoms with Gasteiger partial charge in [0.05, 0.1) is 16.3 Å². The Kier molecular flexibility index (Phi) is 7.65. The average Bonchev–Trinajstić information content (AvgIpc) is 2.74. The molecule has 0 aliphatic heterocycles. The normalized spacial score (nSPS) is 11.0. The van der Waals surface area contributed by atoms with Crippen molar-refractivity contribution < 1.29 is 13.2 Å². The molecule has 3 aromatic rings. The van der Waals surface area contributed by atoms with Crippen molar-refractivity contribution in [1.29, 1.82) is 0 Å². The molecule has 160 valence electrons. The second-order valence-corrected chi connectivity index (χ2v) is 7.58. The number of thiocarbonyl (C=S) groups is 1. The van der Waals surface area contributed by atoms with Gasteiger partial charge in [0.1, 0.15) is 0 Å². The van der Waals surface area contributed by atoms with Gasteiger partial charge in [-0.3, -0.25) is 5.43 Å². The summed E-state index contributed by atoms with van der Waals surface area (Å²) >= 11 is 11.2. The lowest BCUT2D eigenvalue weighted by atomic mass is 10.0. The SMILES string of the molecule is FC(F)(F)c1ccc(Cl)c(NC(=S)NN=C(Cc2ccccc2)Cc2ccccc2)c1. The van der Waals surface area contributed by atoms with E-state index >= 15 is 0 Å². The van der Waals surface area contributed by atoms with Gasteiger partial charge in [0.25, 0.3) is 0 Å². The number of nitrogens with zero attached hydrogens (tertiary/aromatic N) is 1. The Bertz CT molecular complexity index is 1010. The lowest BCUT2D eigenvalue weighted by molar-refractivity contribution is -0.137. The number of alkyl halides is 3. The molecule has 3 nitrogen and oxygen atoms in total. The van der Waals surface area contributed by atoms with E-state index in [1.54, 1.807) is 0 Å². The molecule has 0 saturated carbocycles. The van der Waals surface area contributed by atoms with E-state index in [4.69, 9.17) is 23.8 Å². The highest BCUT2D eigenvalue weighted by Crippen LogP contribution is 2.33. The van der Waals surface area contributed by atoms with E-state index in [2.05, 4.69) is 15.8 Å². The van der Waals surface area contributed by atoms with Gasteiger partial charge >= 0.3 is 6.18 Å². The molecule has 0 aliphatic rings. The first kappa shape index (κ1) is 22.8. The summed E-state index contributed by atoms with van der Waals surface area (Å²) in [6.45, 7) is 0.